The maximum absolute atomic E-state index is 13.5. The number of nitrogens with zero attached hydrogens (tertiary/aromatic N) is 1. The van der Waals surface area contributed by atoms with Crippen LogP contribution in [0.5, 0.6) is 34.5 Å². The second kappa shape index (κ2) is 33.7. The molecule has 0 saturated carbocycles. The summed E-state index contributed by atoms with van der Waals surface area (Å²) in [5, 5.41) is 25.4. The van der Waals surface area contributed by atoms with Crippen LogP contribution in [0.3, 0.4) is 0 Å². The normalized spacial score (nSPS) is 11.4. The number of primary amides is 1. The number of benzene rings is 6. The van der Waals surface area contributed by atoms with E-state index in [1.54, 1.807) is 71.0 Å². The van der Waals surface area contributed by atoms with Crippen molar-refractivity contribution in [2.75, 3.05) is 39.7 Å². The monoisotopic (exact) mass is 1250 g/mol. The lowest BCUT2D eigenvalue weighted by Crippen LogP contribution is -2.23. The van der Waals surface area contributed by atoms with E-state index < -0.39 is 46.3 Å². The van der Waals surface area contributed by atoms with Gasteiger partial charge in [-0.3, -0.25) is 38.9 Å². The van der Waals surface area contributed by atoms with E-state index in [-0.39, 0.29) is 118 Å². The van der Waals surface area contributed by atoms with Crippen molar-refractivity contribution in [3.8, 4) is 34.5 Å². The number of nitro groups is 1. The second-order valence-corrected chi connectivity index (χ2v) is 21.7. The maximum Gasteiger partial charge on any atom is 0.338 e. The van der Waals surface area contributed by atoms with Gasteiger partial charge in [0.05, 0.1) is 82.1 Å². The number of esters is 1. The van der Waals surface area contributed by atoms with Crippen LogP contribution < -0.4 is 66.5 Å². The summed E-state index contributed by atoms with van der Waals surface area (Å²) in [5.41, 5.74) is 13.6. The van der Waals surface area contributed by atoms with Gasteiger partial charge < -0.3 is 71.2 Å². The Kier molecular flexibility index (Phi) is 26.4. The number of nitrogens with one attached hydrogen (secondary N) is 5. The largest absolute Gasteiger partial charge is 0.489 e. The first kappa shape index (κ1) is 71.3. The Balaban J connectivity index is 0.000000333. The summed E-state index contributed by atoms with van der Waals surface area (Å²) in [6.07, 6.45) is 1.24. The molecule has 6 amide bonds. The molecular formula is C67H80N8O16. The number of rotatable bonds is 29. The molecule has 0 aliphatic heterocycles. The average Bonchev–Trinajstić information content (AvgIpc) is 1.39. The molecule has 484 valence electrons. The smallest absolute Gasteiger partial charge is 0.338 e. The first-order valence-electron chi connectivity index (χ1n) is 29.4. The van der Waals surface area contributed by atoms with Crippen molar-refractivity contribution < 1.29 is 71.6 Å². The molecule has 0 bridgehead atoms. The van der Waals surface area contributed by atoms with Gasteiger partial charge in [-0.05, 0) is 179 Å². The minimum atomic E-state index is -0.632. The lowest BCUT2D eigenvalue weighted by molar-refractivity contribution is -0.386. The van der Waals surface area contributed by atoms with Gasteiger partial charge in [-0.25, -0.2) is 4.79 Å². The SMILES string of the molecule is C=CCOC(=O)c1ccc(NC(=O)c2ccc(NC(=O)c3ccc(NC(=O)CN)c(OC(C)C)c3)c(OC(C)CC)c2)c(OC(C)C)c1.CCC(C)Oc1cc(C(=O)Nc2ccc(C(=O)Nc3ccc(C(N)=O)cc3OC(C)C)cc2OC(C)C)ccc1[N+](=O)[O-]. The fourth-order valence-electron chi connectivity index (χ4n) is 8.03. The predicted molar refractivity (Wildman–Crippen MR) is 348 cm³/mol. The fourth-order valence-corrected chi connectivity index (χ4v) is 8.03. The van der Waals surface area contributed by atoms with E-state index in [0.717, 1.165) is 0 Å². The van der Waals surface area contributed by atoms with Gasteiger partial charge >= 0.3 is 11.7 Å². The first-order valence-corrected chi connectivity index (χ1v) is 29.4. The zero-order chi connectivity index (χ0) is 67.2. The Morgan fingerprint density at radius 1 is 0.462 bits per heavy atom. The van der Waals surface area contributed by atoms with Gasteiger partial charge in [0.2, 0.25) is 11.8 Å². The molecule has 0 saturated heterocycles. The Labute approximate surface area is 528 Å². The Morgan fingerprint density at radius 2 is 0.758 bits per heavy atom. The highest BCUT2D eigenvalue weighted by molar-refractivity contribution is 6.10. The second-order valence-electron chi connectivity index (χ2n) is 21.7. The van der Waals surface area contributed by atoms with Crippen molar-refractivity contribution in [3.63, 3.8) is 0 Å². The predicted octanol–water partition coefficient (Wildman–Crippen LogP) is 12.1. The van der Waals surface area contributed by atoms with E-state index >= 15 is 0 Å². The molecule has 0 heterocycles. The summed E-state index contributed by atoms with van der Waals surface area (Å²) in [5.74, 6) is -2.18. The highest BCUT2D eigenvalue weighted by Crippen LogP contribution is 2.36. The molecule has 2 atom stereocenters. The van der Waals surface area contributed by atoms with E-state index in [4.69, 9.17) is 44.6 Å². The number of nitro benzene ring substituents is 1. The van der Waals surface area contributed by atoms with Gasteiger partial charge in [-0.1, -0.05) is 26.5 Å². The van der Waals surface area contributed by atoms with Crippen molar-refractivity contribution in [2.45, 2.75) is 133 Å². The van der Waals surface area contributed by atoms with E-state index in [1.165, 1.54) is 78.9 Å². The van der Waals surface area contributed by atoms with Crippen LogP contribution in [0.15, 0.2) is 122 Å². The molecule has 24 nitrogen and oxygen atoms in total. The van der Waals surface area contributed by atoms with Crippen molar-refractivity contribution >= 4 is 75.5 Å². The fraction of sp³-hybridized carbons (Fsp3) is 0.328. The van der Waals surface area contributed by atoms with Crippen LogP contribution in [0.1, 0.15) is 158 Å². The van der Waals surface area contributed by atoms with Crippen molar-refractivity contribution in [2.24, 2.45) is 11.5 Å². The summed E-state index contributed by atoms with van der Waals surface area (Å²) in [4.78, 5) is 100. The highest BCUT2D eigenvalue weighted by atomic mass is 16.6. The summed E-state index contributed by atoms with van der Waals surface area (Å²) in [7, 11) is 0. The van der Waals surface area contributed by atoms with Crippen molar-refractivity contribution in [3.05, 3.63) is 165 Å². The number of amides is 6. The molecule has 0 aliphatic carbocycles. The summed E-state index contributed by atoms with van der Waals surface area (Å²) in [6, 6.07) is 26.8. The molecule has 6 rings (SSSR count). The minimum absolute atomic E-state index is 0.0117. The summed E-state index contributed by atoms with van der Waals surface area (Å²) < 4.78 is 40.3. The third-order valence-corrected chi connectivity index (χ3v) is 12.7. The zero-order valence-electron chi connectivity index (χ0n) is 53.1. The zero-order valence-corrected chi connectivity index (χ0v) is 53.1. The molecule has 24 heteroatoms. The molecule has 6 aromatic carbocycles. The summed E-state index contributed by atoms with van der Waals surface area (Å²) in [6.45, 7) is 25.4. The molecule has 0 fully saturated rings. The minimum Gasteiger partial charge on any atom is -0.489 e. The number of nitrogens with two attached hydrogens (primary N) is 2. The number of carbonyl (C=O) groups excluding carboxylic acids is 7. The van der Waals surface area contributed by atoms with Crippen molar-refractivity contribution in [1.82, 2.24) is 0 Å². The van der Waals surface area contributed by atoms with E-state index in [1.807, 2.05) is 48.5 Å². The van der Waals surface area contributed by atoms with Crippen LogP contribution in [0, 0.1) is 10.1 Å². The molecule has 0 aliphatic rings. The van der Waals surface area contributed by atoms with E-state index in [2.05, 4.69) is 33.2 Å². The van der Waals surface area contributed by atoms with Crippen LogP contribution in [0.25, 0.3) is 0 Å². The summed E-state index contributed by atoms with van der Waals surface area (Å²) >= 11 is 0. The van der Waals surface area contributed by atoms with Crippen LogP contribution >= 0.6 is 0 Å². The first-order chi connectivity index (χ1) is 43.1. The number of carbonyl (C=O) groups is 7. The maximum atomic E-state index is 13.5. The number of hydrogen-bond acceptors (Lipinski definition) is 17. The third-order valence-electron chi connectivity index (χ3n) is 12.7. The molecule has 2 unspecified atom stereocenters. The molecule has 0 aromatic heterocycles. The van der Waals surface area contributed by atoms with Crippen LogP contribution in [0.4, 0.5) is 34.1 Å². The van der Waals surface area contributed by atoms with Gasteiger partial charge in [-0.2, -0.15) is 0 Å². The lowest BCUT2D eigenvalue weighted by Gasteiger charge is -2.19. The Bertz CT molecular complexity index is 3620. The van der Waals surface area contributed by atoms with Gasteiger partial charge in [-0.15, -0.1) is 0 Å². The Morgan fingerprint density at radius 3 is 1.09 bits per heavy atom. The van der Waals surface area contributed by atoms with Crippen LogP contribution in [0.2, 0.25) is 0 Å². The molecule has 9 N–H and O–H groups in total. The van der Waals surface area contributed by atoms with E-state index in [9.17, 15) is 43.7 Å². The van der Waals surface area contributed by atoms with Crippen molar-refractivity contribution in [1.29, 1.82) is 0 Å². The lowest BCUT2D eigenvalue weighted by atomic mass is 10.1. The van der Waals surface area contributed by atoms with Gasteiger partial charge in [0, 0.05) is 39.9 Å². The van der Waals surface area contributed by atoms with Gasteiger partial charge in [0.1, 0.15) is 35.4 Å². The number of anilines is 5. The molecule has 0 spiro atoms. The number of hydrogen-bond donors (Lipinski definition) is 7. The molecule has 91 heavy (non-hydrogen) atoms. The highest BCUT2D eigenvalue weighted by Gasteiger charge is 2.24. The van der Waals surface area contributed by atoms with Crippen LogP contribution in [-0.4, -0.2) is 96.1 Å². The van der Waals surface area contributed by atoms with Crippen LogP contribution in [-0.2, 0) is 9.53 Å². The Hall–Kier alpha value is -10.5. The molecular weight excluding hydrogens is 1170 g/mol. The average molecular weight is 1250 g/mol. The standard InChI is InChI=1S/C36H44N4O8.C31H36N4O8/c1-8-16-45-36(44)26-12-15-28(31(19-26)47-22(5)6)39-35(43)25-11-14-29(32(18-25)48-23(7)9-2)40-34(42)24-10-13-27(38-33(41)20-37)30(17-24)46-21(3)4;1-7-19(6)43-28-16-22(10-13-25(28)35(39)40)31(38)34-24-12-9-21(15-27(24)42-18(4)5)30(37)33-23-11-8-20(29(32)36)14-26(23)41-17(2)3/h8,10-15,17-19,21-23H,1,9,16,20,37H2,2-7H3,(H,38,41)(H,39,43)(H,40,42);8-19H,7H2,1-6H3,(H2,32,36)(H,33,37)(H,34,38). The van der Waals surface area contributed by atoms with E-state index in [0.29, 0.717) is 47.1 Å². The number of ether oxygens (including phenoxy) is 7. The quantitative estimate of drug-likeness (QED) is 0.00993. The topological polar surface area (TPSA) is 339 Å². The van der Waals surface area contributed by atoms with Gasteiger partial charge in [0.25, 0.3) is 23.6 Å². The molecule has 6 aromatic rings. The molecule has 0 radical (unpaired) electrons. The van der Waals surface area contributed by atoms with Gasteiger partial charge in [0.15, 0.2) is 5.75 Å². The third kappa shape index (κ3) is 21.4.